The predicted octanol–water partition coefficient (Wildman–Crippen LogP) is 3.18. The normalized spacial score (nSPS) is 18.4. The zero-order valence-corrected chi connectivity index (χ0v) is 16.0. The highest BCUT2D eigenvalue weighted by Gasteiger charge is 2.31. The van der Waals surface area contributed by atoms with Crippen molar-refractivity contribution in [3.8, 4) is 23.0 Å². The molecule has 9 heteroatoms. The van der Waals surface area contributed by atoms with Crippen LogP contribution in [0.5, 0.6) is 23.0 Å². The minimum absolute atomic E-state index is 0.0288. The minimum atomic E-state index is -0.675. The third-order valence-corrected chi connectivity index (χ3v) is 4.01. The molecule has 0 bridgehead atoms. The second-order valence-corrected chi connectivity index (χ2v) is 6.98. The van der Waals surface area contributed by atoms with Crippen molar-refractivity contribution in [3.05, 3.63) is 47.3 Å². The number of hydrogen-bond donors (Lipinski definition) is 3. The molecule has 1 saturated heterocycles. The third-order valence-electron chi connectivity index (χ3n) is 4.01. The molecule has 8 nitrogen and oxygen atoms in total. The number of nitrogens with zero attached hydrogens (tertiary/aromatic N) is 1. The van der Waals surface area contributed by atoms with Gasteiger partial charge in [-0.1, -0.05) is 5.16 Å². The molecule has 0 saturated carbocycles. The topological polar surface area (TPSA) is 110 Å². The van der Waals surface area contributed by atoms with Crippen LogP contribution in [0.15, 0.2) is 35.5 Å². The molecule has 1 aliphatic rings. The number of phenolic OH excluding ortho intramolecular Hbond substituents is 3. The Hall–Kier alpha value is -2.88. The Labute approximate surface area is 166 Å². The Morgan fingerprint density at radius 1 is 1.10 bits per heavy atom. The van der Waals surface area contributed by atoms with Crippen LogP contribution in [0.4, 0.5) is 4.39 Å². The van der Waals surface area contributed by atoms with E-state index < -0.39 is 28.9 Å². The van der Waals surface area contributed by atoms with Gasteiger partial charge in [0.15, 0.2) is 28.8 Å². The van der Waals surface area contributed by atoms with Crippen LogP contribution in [0.2, 0.25) is 0 Å². The van der Waals surface area contributed by atoms with Crippen molar-refractivity contribution in [2.75, 3.05) is 6.61 Å². The molecule has 0 amide bonds. The minimum Gasteiger partial charge on any atom is -0.504 e. The second kappa shape index (κ2) is 8.64. The molecule has 156 valence electrons. The molecule has 2 aromatic rings. The molecule has 0 unspecified atom stereocenters. The van der Waals surface area contributed by atoms with Gasteiger partial charge < -0.3 is 34.4 Å². The first-order valence-corrected chi connectivity index (χ1v) is 8.85. The van der Waals surface area contributed by atoms with Gasteiger partial charge in [0, 0.05) is 6.07 Å². The fourth-order valence-corrected chi connectivity index (χ4v) is 2.74. The molecule has 0 aromatic heterocycles. The van der Waals surface area contributed by atoms with Crippen molar-refractivity contribution < 1.29 is 38.8 Å². The molecule has 3 rings (SSSR count). The van der Waals surface area contributed by atoms with E-state index >= 15 is 0 Å². The van der Waals surface area contributed by atoms with Crippen molar-refractivity contribution in [1.29, 1.82) is 0 Å². The van der Waals surface area contributed by atoms with Crippen LogP contribution in [-0.2, 0) is 27.4 Å². The van der Waals surface area contributed by atoms with Crippen LogP contribution in [0.25, 0.3) is 0 Å². The van der Waals surface area contributed by atoms with E-state index in [-0.39, 0.29) is 25.1 Å². The van der Waals surface area contributed by atoms with Gasteiger partial charge >= 0.3 is 0 Å². The molecule has 0 radical (unpaired) electrons. The Balaban J connectivity index is 1.55. The maximum Gasteiger partial charge on any atom is 0.200 e. The molecule has 0 spiro atoms. The quantitative estimate of drug-likeness (QED) is 0.367. The van der Waals surface area contributed by atoms with Gasteiger partial charge in [0.05, 0.1) is 26.0 Å². The maximum atomic E-state index is 13.8. The zero-order chi connectivity index (χ0) is 21.0. The first kappa shape index (κ1) is 20.8. The molecule has 1 aliphatic heterocycles. The van der Waals surface area contributed by atoms with E-state index in [2.05, 4.69) is 5.16 Å². The molecule has 1 atom stereocenters. The van der Waals surface area contributed by atoms with Crippen LogP contribution < -0.4 is 4.84 Å². The number of phenols is 3. The number of oxime groups is 1. The highest BCUT2D eigenvalue weighted by Crippen LogP contribution is 2.35. The summed E-state index contributed by atoms with van der Waals surface area (Å²) in [7, 11) is 0. The van der Waals surface area contributed by atoms with Crippen LogP contribution in [-0.4, -0.2) is 40.0 Å². The summed E-state index contributed by atoms with van der Waals surface area (Å²) in [5.41, 5.74) is 0.945. The van der Waals surface area contributed by atoms with Crippen molar-refractivity contribution in [3.63, 3.8) is 0 Å². The van der Waals surface area contributed by atoms with E-state index in [0.29, 0.717) is 17.7 Å². The van der Waals surface area contributed by atoms with Gasteiger partial charge in [0.25, 0.3) is 0 Å². The summed E-state index contributed by atoms with van der Waals surface area (Å²) < 4.78 is 30.3. The van der Waals surface area contributed by atoms with E-state index in [0.717, 1.165) is 0 Å². The molecule has 0 aliphatic carbocycles. The van der Waals surface area contributed by atoms with E-state index in [1.807, 2.05) is 0 Å². The lowest BCUT2D eigenvalue weighted by molar-refractivity contribution is -0.131. The summed E-state index contributed by atoms with van der Waals surface area (Å²) in [4.78, 5) is 5.21. The molecule has 1 heterocycles. The summed E-state index contributed by atoms with van der Waals surface area (Å²) >= 11 is 0. The molecular formula is C20H22FNO7. The Bertz CT molecular complexity index is 877. The number of aromatic hydroxyl groups is 3. The van der Waals surface area contributed by atoms with E-state index in [1.54, 1.807) is 19.9 Å². The number of ether oxygens (including phenoxy) is 3. The predicted molar refractivity (Wildman–Crippen MR) is 100 cm³/mol. The lowest BCUT2D eigenvalue weighted by Crippen LogP contribution is -2.22. The van der Waals surface area contributed by atoms with Crippen molar-refractivity contribution in [2.45, 2.75) is 39.0 Å². The highest BCUT2D eigenvalue weighted by molar-refractivity contribution is 5.63. The van der Waals surface area contributed by atoms with Crippen LogP contribution >= 0.6 is 0 Å². The van der Waals surface area contributed by atoms with Gasteiger partial charge in [0.1, 0.15) is 11.9 Å². The molecule has 3 N–H and O–H groups in total. The average Bonchev–Trinajstić information content (AvgIpc) is 2.98. The fourth-order valence-electron chi connectivity index (χ4n) is 2.74. The standard InChI is InChI=1S/C20H22FNO7/c1-20(2)27-11-16(28-20)8-22-29-15-4-12(3-14(21)7-15)9-26-10-13-5-17(23)19(25)18(24)6-13/h3-8,16,23-25H,9-11H2,1-2H3/t16-/m0/s1. The maximum absolute atomic E-state index is 13.8. The van der Waals surface area contributed by atoms with E-state index in [4.69, 9.17) is 19.0 Å². The van der Waals surface area contributed by atoms with Gasteiger partial charge in [-0.3, -0.25) is 0 Å². The second-order valence-electron chi connectivity index (χ2n) is 6.98. The lowest BCUT2D eigenvalue weighted by atomic mass is 10.2. The third kappa shape index (κ3) is 5.80. The summed E-state index contributed by atoms with van der Waals surface area (Å²) in [6, 6.07) is 6.58. The average molecular weight is 407 g/mol. The number of rotatable bonds is 7. The molecule has 1 fully saturated rings. The summed E-state index contributed by atoms with van der Waals surface area (Å²) in [6.07, 6.45) is 1.10. The monoisotopic (exact) mass is 407 g/mol. The van der Waals surface area contributed by atoms with E-state index in [9.17, 15) is 19.7 Å². The van der Waals surface area contributed by atoms with Gasteiger partial charge in [0.2, 0.25) is 0 Å². The van der Waals surface area contributed by atoms with Crippen molar-refractivity contribution in [2.24, 2.45) is 5.16 Å². The first-order valence-electron chi connectivity index (χ1n) is 8.85. The fraction of sp³-hybridized carbons (Fsp3) is 0.350. The van der Waals surface area contributed by atoms with Crippen LogP contribution in [0, 0.1) is 5.82 Å². The number of benzene rings is 2. The smallest absolute Gasteiger partial charge is 0.200 e. The Kier molecular flexibility index (Phi) is 6.21. The number of hydrogen-bond acceptors (Lipinski definition) is 8. The molecular weight excluding hydrogens is 385 g/mol. The largest absolute Gasteiger partial charge is 0.504 e. The van der Waals surface area contributed by atoms with Crippen LogP contribution in [0.3, 0.4) is 0 Å². The van der Waals surface area contributed by atoms with Crippen molar-refractivity contribution in [1.82, 2.24) is 0 Å². The Morgan fingerprint density at radius 2 is 1.76 bits per heavy atom. The van der Waals surface area contributed by atoms with Gasteiger partial charge in [-0.25, -0.2) is 4.39 Å². The molecule has 29 heavy (non-hydrogen) atoms. The zero-order valence-electron chi connectivity index (χ0n) is 16.0. The molecule has 2 aromatic carbocycles. The van der Waals surface area contributed by atoms with Crippen LogP contribution in [0.1, 0.15) is 25.0 Å². The highest BCUT2D eigenvalue weighted by atomic mass is 19.1. The summed E-state index contributed by atoms with van der Waals surface area (Å²) in [6.45, 7) is 4.02. The SMILES string of the molecule is CC1(C)OC[C@H](C=NOc2cc(F)cc(COCc3cc(O)c(O)c(O)c3)c2)O1. The summed E-state index contributed by atoms with van der Waals surface area (Å²) in [5, 5.41) is 32.1. The van der Waals surface area contributed by atoms with Gasteiger partial charge in [-0.2, -0.15) is 0 Å². The lowest BCUT2D eigenvalue weighted by Gasteiger charge is -2.15. The van der Waals surface area contributed by atoms with E-state index in [1.165, 1.54) is 30.5 Å². The van der Waals surface area contributed by atoms with Gasteiger partial charge in [-0.05, 0) is 49.2 Å². The first-order chi connectivity index (χ1) is 13.7. The van der Waals surface area contributed by atoms with Crippen molar-refractivity contribution >= 4 is 6.21 Å². The van der Waals surface area contributed by atoms with Gasteiger partial charge in [-0.15, -0.1) is 0 Å². The summed E-state index contributed by atoms with van der Waals surface area (Å²) in [5.74, 6) is -2.51. The number of halogens is 1. The Morgan fingerprint density at radius 3 is 2.38 bits per heavy atom.